The van der Waals surface area contributed by atoms with Crippen LogP contribution in [0.2, 0.25) is 0 Å². The highest BCUT2D eigenvalue weighted by atomic mass is 19.1. The van der Waals surface area contributed by atoms with Crippen molar-refractivity contribution in [1.82, 2.24) is 10.3 Å². The van der Waals surface area contributed by atoms with Gasteiger partial charge in [-0.1, -0.05) is 24.3 Å². The zero-order valence-electron chi connectivity index (χ0n) is 11.4. The number of nitrogens with one attached hydrogen (secondary N) is 2. The Morgan fingerprint density at radius 2 is 2.00 bits per heavy atom. The number of carbonyl (C=O) groups is 1. The third-order valence-electron chi connectivity index (χ3n) is 3.45. The maximum Gasteiger partial charge on any atom is 0.251 e. The summed E-state index contributed by atoms with van der Waals surface area (Å²) in [6.07, 6.45) is 2.31. The molecule has 0 fully saturated rings. The largest absolute Gasteiger partial charge is 0.361 e. The Morgan fingerprint density at radius 1 is 1.14 bits per heavy atom. The Labute approximate surface area is 121 Å². The van der Waals surface area contributed by atoms with E-state index in [2.05, 4.69) is 10.3 Å². The van der Waals surface area contributed by atoms with Gasteiger partial charge >= 0.3 is 0 Å². The summed E-state index contributed by atoms with van der Waals surface area (Å²) in [5.74, 6) is -0.387. The van der Waals surface area contributed by atoms with Gasteiger partial charge in [-0.15, -0.1) is 0 Å². The van der Waals surface area contributed by atoms with Crippen molar-refractivity contribution >= 4 is 16.8 Å². The van der Waals surface area contributed by atoms with Crippen LogP contribution >= 0.6 is 0 Å². The molecule has 0 aliphatic heterocycles. The second-order valence-electron chi connectivity index (χ2n) is 4.88. The van der Waals surface area contributed by atoms with Gasteiger partial charge in [0.25, 0.3) is 5.91 Å². The first-order chi connectivity index (χ1) is 10.2. The van der Waals surface area contributed by atoms with Crippen LogP contribution in [0.5, 0.6) is 0 Å². The van der Waals surface area contributed by atoms with Gasteiger partial charge in [-0.25, -0.2) is 4.39 Å². The number of carbonyl (C=O) groups excluding carboxylic acids is 1. The molecule has 1 aromatic heterocycles. The van der Waals surface area contributed by atoms with E-state index in [0.717, 1.165) is 10.9 Å². The van der Waals surface area contributed by atoms with Gasteiger partial charge < -0.3 is 10.3 Å². The summed E-state index contributed by atoms with van der Waals surface area (Å²) in [5.41, 5.74) is 2.13. The van der Waals surface area contributed by atoms with Crippen LogP contribution in [0, 0.1) is 5.82 Å². The lowest BCUT2D eigenvalue weighted by Gasteiger charge is -2.06. The molecular formula is C17H15FN2O. The topological polar surface area (TPSA) is 44.9 Å². The quantitative estimate of drug-likeness (QED) is 0.758. The number of aromatic nitrogens is 1. The monoisotopic (exact) mass is 282 g/mol. The fraction of sp³-hybridized carbons (Fsp3) is 0.118. The van der Waals surface area contributed by atoms with Crippen LogP contribution in [0.1, 0.15) is 15.9 Å². The van der Waals surface area contributed by atoms with Crippen LogP contribution in [0.25, 0.3) is 10.9 Å². The molecule has 0 saturated heterocycles. The summed E-state index contributed by atoms with van der Waals surface area (Å²) in [7, 11) is 0. The van der Waals surface area contributed by atoms with Crippen LogP contribution in [-0.4, -0.2) is 17.4 Å². The molecule has 0 unspecified atom stereocenters. The van der Waals surface area contributed by atoms with Gasteiger partial charge in [0, 0.05) is 23.8 Å². The standard InChI is InChI=1S/C17H15FN2O/c18-15-4-2-1-3-12(15)7-10-20-17(21)14-6-5-13-8-9-19-16(13)11-14/h1-6,8-9,11,19H,7,10H2,(H,20,21). The number of halogens is 1. The van der Waals surface area contributed by atoms with Crippen molar-refractivity contribution in [2.45, 2.75) is 6.42 Å². The van der Waals surface area contributed by atoms with Crippen LogP contribution in [0.3, 0.4) is 0 Å². The number of amides is 1. The van der Waals surface area contributed by atoms with Crippen LogP contribution in [-0.2, 0) is 6.42 Å². The molecule has 4 heteroatoms. The first-order valence-electron chi connectivity index (χ1n) is 6.83. The molecule has 3 aromatic rings. The molecule has 2 aromatic carbocycles. The lowest BCUT2D eigenvalue weighted by Crippen LogP contribution is -2.25. The van der Waals surface area contributed by atoms with Crippen molar-refractivity contribution in [3.63, 3.8) is 0 Å². The molecule has 0 atom stereocenters. The smallest absolute Gasteiger partial charge is 0.251 e. The van der Waals surface area contributed by atoms with E-state index in [0.29, 0.717) is 24.1 Å². The minimum atomic E-state index is -0.237. The van der Waals surface area contributed by atoms with Gasteiger partial charge in [-0.2, -0.15) is 0 Å². The summed E-state index contributed by atoms with van der Waals surface area (Å²) in [5, 5.41) is 3.88. The molecule has 0 aliphatic carbocycles. The molecule has 2 N–H and O–H groups in total. The average molecular weight is 282 g/mol. The van der Waals surface area contributed by atoms with E-state index in [-0.39, 0.29) is 11.7 Å². The number of rotatable bonds is 4. The first-order valence-corrected chi connectivity index (χ1v) is 6.83. The van der Waals surface area contributed by atoms with Crippen molar-refractivity contribution in [1.29, 1.82) is 0 Å². The number of aromatic amines is 1. The highest BCUT2D eigenvalue weighted by molar-refractivity contribution is 5.97. The zero-order chi connectivity index (χ0) is 14.7. The fourth-order valence-corrected chi connectivity index (χ4v) is 2.30. The van der Waals surface area contributed by atoms with Gasteiger partial charge in [0.15, 0.2) is 0 Å². The summed E-state index contributed by atoms with van der Waals surface area (Å²) in [6.45, 7) is 0.405. The molecule has 0 spiro atoms. The van der Waals surface area contributed by atoms with Crippen molar-refractivity contribution in [2.75, 3.05) is 6.54 Å². The summed E-state index contributed by atoms with van der Waals surface area (Å²) in [6, 6.07) is 14.1. The van der Waals surface area contributed by atoms with Crippen molar-refractivity contribution in [2.24, 2.45) is 0 Å². The predicted octanol–water partition coefficient (Wildman–Crippen LogP) is 3.28. The average Bonchev–Trinajstić information content (AvgIpc) is 2.96. The molecule has 0 radical (unpaired) electrons. The molecule has 1 amide bonds. The minimum absolute atomic E-state index is 0.150. The van der Waals surface area contributed by atoms with Gasteiger partial charge in [-0.05, 0) is 41.6 Å². The van der Waals surface area contributed by atoms with Crippen molar-refractivity contribution in [3.05, 3.63) is 71.7 Å². The van der Waals surface area contributed by atoms with E-state index in [4.69, 9.17) is 0 Å². The van der Waals surface area contributed by atoms with Crippen LogP contribution < -0.4 is 5.32 Å². The van der Waals surface area contributed by atoms with Gasteiger partial charge in [0.05, 0.1) is 0 Å². The summed E-state index contributed by atoms with van der Waals surface area (Å²) >= 11 is 0. The van der Waals surface area contributed by atoms with E-state index >= 15 is 0 Å². The Morgan fingerprint density at radius 3 is 2.86 bits per heavy atom. The lowest BCUT2D eigenvalue weighted by molar-refractivity contribution is 0.0954. The molecule has 1 heterocycles. The van der Waals surface area contributed by atoms with E-state index in [1.807, 2.05) is 24.4 Å². The number of H-pyrrole nitrogens is 1. The molecular weight excluding hydrogens is 267 g/mol. The zero-order valence-corrected chi connectivity index (χ0v) is 11.4. The predicted molar refractivity (Wildman–Crippen MR) is 80.7 cm³/mol. The van der Waals surface area contributed by atoms with Crippen molar-refractivity contribution < 1.29 is 9.18 Å². The minimum Gasteiger partial charge on any atom is -0.361 e. The summed E-state index contributed by atoms with van der Waals surface area (Å²) in [4.78, 5) is 15.1. The van der Waals surface area contributed by atoms with Gasteiger partial charge in [0.1, 0.15) is 5.82 Å². The highest BCUT2D eigenvalue weighted by Crippen LogP contribution is 2.14. The molecule has 0 aliphatic rings. The maximum absolute atomic E-state index is 13.5. The third kappa shape index (κ3) is 2.94. The number of fused-ring (bicyclic) bond motifs is 1. The normalized spacial score (nSPS) is 10.7. The van der Waals surface area contributed by atoms with E-state index in [1.165, 1.54) is 6.07 Å². The number of benzene rings is 2. The molecule has 3 rings (SSSR count). The van der Waals surface area contributed by atoms with Gasteiger partial charge in [-0.3, -0.25) is 4.79 Å². The molecule has 0 bridgehead atoms. The summed E-state index contributed by atoms with van der Waals surface area (Å²) < 4.78 is 13.5. The molecule has 3 nitrogen and oxygen atoms in total. The second-order valence-corrected chi connectivity index (χ2v) is 4.88. The van der Waals surface area contributed by atoms with Gasteiger partial charge in [0.2, 0.25) is 0 Å². The Bertz CT molecular complexity index is 779. The lowest BCUT2D eigenvalue weighted by atomic mass is 10.1. The Hall–Kier alpha value is -2.62. The second kappa shape index (κ2) is 5.79. The molecule has 21 heavy (non-hydrogen) atoms. The highest BCUT2D eigenvalue weighted by Gasteiger charge is 2.07. The SMILES string of the molecule is O=C(NCCc1ccccc1F)c1ccc2cc[nH]c2c1. The Balaban J connectivity index is 1.62. The Kier molecular flexibility index (Phi) is 3.69. The van der Waals surface area contributed by atoms with E-state index in [9.17, 15) is 9.18 Å². The van der Waals surface area contributed by atoms with Crippen LogP contribution in [0.4, 0.5) is 4.39 Å². The first kappa shape index (κ1) is 13.4. The van der Waals surface area contributed by atoms with Crippen LogP contribution in [0.15, 0.2) is 54.7 Å². The number of hydrogen-bond acceptors (Lipinski definition) is 1. The molecule has 106 valence electrons. The molecule has 0 saturated carbocycles. The maximum atomic E-state index is 13.5. The van der Waals surface area contributed by atoms with E-state index < -0.39 is 0 Å². The van der Waals surface area contributed by atoms with Crippen molar-refractivity contribution in [3.8, 4) is 0 Å². The van der Waals surface area contributed by atoms with E-state index in [1.54, 1.807) is 24.3 Å². The fourth-order valence-electron chi connectivity index (χ4n) is 2.30. The number of hydrogen-bond donors (Lipinski definition) is 2. The third-order valence-corrected chi connectivity index (χ3v) is 3.45.